The van der Waals surface area contributed by atoms with E-state index in [1.165, 1.54) is 0 Å². The third-order valence-corrected chi connectivity index (χ3v) is 3.13. The van der Waals surface area contributed by atoms with Gasteiger partial charge in [-0.05, 0) is 17.7 Å². The Hall–Kier alpha value is -1.71. The second kappa shape index (κ2) is 11.8. The summed E-state index contributed by atoms with van der Waals surface area (Å²) in [4.78, 5) is 15.6. The van der Waals surface area contributed by atoms with Crippen molar-refractivity contribution in [3.8, 4) is 11.5 Å². The van der Waals surface area contributed by atoms with Crippen LogP contribution < -0.4 is 25.8 Å². The summed E-state index contributed by atoms with van der Waals surface area (Å²) in [5, 5.41) is 5.75. The van der Waals surface area contributed by atoms with Gasteiger partial charge in [-0.15, -0.1) is 24.0 Å². The van der Waals surface area contributed by atoms with Crippen LogP contribution in [0.3, 0.4) is 0 Å². The fraction of sp³-hybridized carbons (Fsp3) is 0.500. The van der Waals surface area contributed by atoms with E-state index in [1.54, 1.807) is 14.2 Å². The van der Waals surface area contributed by atoms with Gasteiger partial charge in [0.15, 0.2) is 17.5 Å². The molecule has 1 aromatic carbocycles. The largest absolute Gasteiger partial charge is 0.493 e. The molecular formula is C16H27IN4O3. The van der Waals surface area contributed by atoms with Crippen molar-refractivity contribution in [1.29, 1.82) is 0 Å². The van der Waals surface area contributed by atoms with Crippen LogP contribution in [0.5, 0.6) is 11.5 Å². The molecule has 0 unspecified atom stereocenters. The Morgan fingerprint density at radius 1 is 1.17 bits per heavy atom. The molecule has 0 aliphatic heterocycles. The van der Waals surface area contributed by atoms with E-state index in [2.05, 4.69) is 15.6 Å². The molecule has 0 saturated carbocycles. The predicted octanol–water partition coefficient (Wildman–Crippen LogP) is 1.50. The summed E-state index contributed by atoms with van der Waals surface area (Å²) in [5.41, 5.74) is 6.75. The standard InChI is InChI=1S/C16H26N4O3.HI/c1-11(2)15(21)18-7-8-19-16(17)20-10-12-5-6-13(22-3)14(9-12)23-4;/h5-6,9,11H,7-8,10H2,1-4H3,(H,18,21)(H3,17,19,20);1H. The lowest BCUT2D eigenvalue weighted by Crippen LogP contribution is -2.39. The van der Waals surface area contributed by atoms with Gasteiger partial charge >= 0.3 is 0 Å². The maximum absolute atomic E-state index is 11.4. The molecule has 0 aliphatic carbocycles. The van der Waals surface area contributed by atoms with Gasteiger partial charge in [-0.25, -0.2) is 4.99 Å². The van der Waals surface area contributed by atoms with Crippen LogP contribution in [-0.2, 0) is 11.3 Å². The first-order chi connectivity index (χ1) is 11.0. The smallest absolute Gasteiger partial charge is 0.222 e. The average molecular weight is 450 g/mol. The number of aliphatic imine (C=N–C) groups is 1. The monoisotopic (exact) mass is 450 g/mol. The maximum atomic E-state index is 11.4. The molecular weight excluding hydrogens is 423 g/mol. The summed E-state index contributed by atoms with van der Waals surface area (Å²) < 4.78 is 10.4. The van der Waals surface area contributed by atoms with Crippen molar-refractivity contribution in [2.75, 3.05) is 27.3 Å². The lowest BCUT2D eigenvalue weighted by molar-refractivity contribution is -0.123. The van der Waals surface area contributed by atoms with Crippen LogP contribution in [0.4, 0.5) is 0 Å². The van der Waals surface area contributed by atoms with Gasteiger partial charge in [-0.3, -0.25) is 4.79 Å². The van der Waals surface area contributed by atoms with Gasteiger partial charge in [-0.1, -0.05) is 19.9 Å². The van der Waals surface area contributed by atoms with Gasteiger partial charge in [0.25, 0.3) is 0 Å². The fourth-order valence-corrected chi connectivity index (χ4v) is 1.79. The molecule has 0 bridgehead atoms. The minimum Gasteiger partial charge on any atom is -0.493 e. The zero-order chi connectivity index (χ0) is 17.2. The number of amides is 1. The number of nitrogens with zero attached hydrogens (tertiary/aromatic N) is 1. The molecule has 0 atom stereocenters. The Bertz CT molecular complexity index is 550. The van der Waals surface area contributed by atoms with Crippen LogP contribution in [0.2, 0.25) is 0 Å². The third-order valence-electron chi connectivity index (χ3n) is 3.13. The molecule has 0 aromatic heterocycles. The predicted molar refractivity (Wildman–Crippen MR) is 106 cm³/mol. The Kier molecular flexibility index (Phi) is 10.9. The van der Waals surface area contributed by atoms with E-state index >= 15 is 0 Å². The Labute approximate surface area is 160 Å². The van der Waals surface area contributed by atoms with Gasteiger partial charge in [0.1, 0.15) is 0 Å². The highest BCUT2D eigenvalue weighted by atomic mass is 127. The first kappa shape index (κ1) is 22.3. The van der Waals surface area contributed by atoms with Crippen molar-refractivity contribution in [3.05, 3.63) is 23.8 Å². The highest BCUT2D eigenvalue weighted by Gasteiger charge is 2.05. The van der Waals surface area contributed by atoms with E-state index in [9.17, 15) is 4.79 Å². The Balaban J connectivity index is 0.00000529. The van der Waals surface area contributed by atoms with Gasteiger partial charge in [0.05, 0.1) is 20.8 Å². The van der Waals surface area contributed by atoms with Gasteiger partial charge in [-0.2, -0.15) is 0 Å². The molecule has 136 valence electrons. The van der Waals surface area contributed by atoms with Crippen LogP contribution in [-0.4, -0.2) is 39.2 Å². The van der Waals surface area contributed by atoms with Crippen molar-refractivity contribution in [1.82, 2.24) is 10.6 Å². The molecule has 1 rings (SSSR count). The van der Waals surface area contributed by atoms with Crippen molar-refractivity contribution in [2.24, 2.45) is 16.6 Å². The number of halogens is 1. The lowest BCUT2D eigenvalue weighted by Gasteiger charge is -2.10. The Morgan fingerprint density at radius 3 is 2.38 bits per heavy atom. The zero-order valence-electron chi connectivity index (χ0n) is 14.6. The van der Waals surface area contributed by atoms with E-state index in [-0.39, 0.29) is 35.8 Å². The van der Waals surface area contributed by atoms with Crippen molar-refractivity contribution in [3.63, 3.8) is 0 Å². The minimum absolute atomic E-state index is 0. The topological polar surface area (TPSA) is 98.0 Å². The van der Waals surface area contributed by atoms with E-state index in [4.69, 9.17) is 15.2 Å². The molecule has 0 saturated heterocycles. The number of hydrogen-bond donors (Lipinski definition) is 3. The van der Waals surface area contributed by atoms with Crippen LogP contribution in [0, 0.1) is 5.92 Å². The second-order valence-corrected chi connectivity index (χ2v) is 5.26. The highest BCUT2D eigenvalue weighted by molar-refractivity contribution is 14.0. The Morgan fingerprint density at radius 2 is 1.79 bits per heavy atom. The maximum Gasteiger partial charge on any atom is 0.222 e. The van der Waals surface area contributed by atoms with E-state index in [0.717, 1.165) is 5.56 Å². The normalized spacial score (nSPS) is 10.8. The zero-order valence-corrected chi connectivity index (χ0v) is 16.9. The number of methoxy groups -OCH3 is 2. The molecule has 24 heavy (non-hydrogen) atoms. The van der Waals surface area contributed by atoms with Crippen LogP contribution in [0.1, 0.15) is 19.4 Å². The number of rotatable bonds is 8. The van der Waals surface area contributed by atoms with Crippen molar-refractivity contribution in [2.45, 2.75) is 20.4 Å². The number of hydrogen-bond acceptors (Lipinski definition) is 4. The first-order valence-corrected chi connectivity index (χ1v) is 7.50. The number of carbonyl (C=O) groups is 1. The van der Waals surface area contributed by atoms with Crippen molar-refractivity contribution >= 4 is 35.8 Å². The van der Waals surface area contributed by atoms with Gasteiger partial charge in [0.2, 0.25) is 5.91 Å². The van der Waals surface area contributed by atoms with E-state index in [0.29, 0.717) is 37.1 Å². The summed E-state index contributed by atoms with van der Waals surface area (Å²) in [6.07, 6.45) is 0. The summed E-state index contributed by atoms with van der Waals surface area (Å²) in [6.45, 7) is 5.16. The average Bonchev–Trinajstić information content (AvgIpc) is 2.56. The number of ether oxygens (including phenoxy) is 2. The SMILES string of the molecule is COc1ccc(CN=C(N)NCCNC(=O)C(C)C)cc1OC.I. The number of nitrogens with one attached hydrogen (secondary N) is 2. The van der Waals surface area contributed by atoms with Crippen LogP contribution in [0.25, 0.3) is 0 Å². The summed E-state index contributed by atoms with van der Waals surface area (Å²) in [7, 11) is 3.18. The molecule has 1 aromatic rings. The number of nitrogens with two attached hydrogens (primary N) is 1. The van der Waals surface area contributed by atoms with Crippen LogP contribution in [0.15, 0.2) is 23.2 Å². The van der Waals surface area contributed by atoms with Crippen LogP contribution >= 0.6 is 24.0 Å². The molecule has 0 spiro atoms. The number of benzene rings is 1. The van der Waals surface area contributed by atoms with Gasteiger partial charge < -0.3 is 25.8 Å². The highest BCUT2D eigenvalue weighted by Crippen LogP contribution is 2.27. The molecule has 4 N–H and O–H groups in total. The number of carbonyl (C=O) groups excluding carboxylic acids is 1. The molecule has 0 aliphatic rings. The van der Waals surface area contributed by atoms with Crippen molar-refractivity contribution < 1.29 is 14.3 Å². The molecule has 0 fully saturated rings. The molecule has 7 nitrogen and oxygen atoms in total. The summed E-state index contributed by atoms with van der Waals surface area (Å²) >= 11 is 0. The fourth-order valence-electron chi connectivity index (χ4n) is 1.79. The van der Waals surface area contributed by atoms with E-state index in [1.807, 2.05) is 32.0 Å². The van der Waals surface area contributed by atoms with E-state index < -0.39 is 0 Å². The molecule has 8 heteroatoms. The van der Waals surface area contributed by atoms with Gasteiger partial charge in [0, 0.05) is 19.0 Å². The molecule has 0 radical (unpaired) electrons. The summed E-state index contributed by atoms with van der Waals surface area (Å²) in [6, 6.07) is 5.59. The second-order valence-electron chi connectivity index (χ2n) is 5.26. The lowest BCUT2D eigenvalue weighted by atomic mass is 10.2. The minimum atomic E-state index is -0.0222. The number of guanidine groups is 1. The third kappa shape index (κ3) is 7.71. The molecule has 1 amide bonds. The molecule has 0 heterocycles. The summed E-state index contributed by atoms with van der Waals surface area (Å²) in [5.74, 6) is 1.66. The first-order valence-electron chi connectivity index (χ1n) is 7.50. The quantitative estimate of drug-likeness (QED) is 0.241.